The van der Waals surface area contributed by atoms with Crippen LogP contribution in [0, 0.1) is 40.8 Å². The molecule has 0 bridgehead atoms. The fourth-order valence-electron chi connectivity index (χ4n) is 0. The number of carboxylic acid groups (broad SMARTS) is 2. The SMILES string of the molecule is F.O=C(O)O.[Ca+2].[H-].[H-].[Nd]. The maximum Gasteiger partial charge on any atom is 2.00 e. The molecule has 0 rings (SSSR count). The van der Waals surface area contributed by atoms with Crippen LogP contribution in [0.25, 0.3) is 0 Å². The molecule has 0 aromatic heterocycles. The molecule has 0 saturated carbocycles. The fourth-order valence-corrected chi connectivity index (χ4v) is 0. The van der Waals surface area contributed by atoms with E-state index in [0.29, 0.717) is 0 Å². The Balaban J connectivity index is -0.00000000450. The number of hydrogen-bond acceptors (Lipinski definition) is 1. The number of halogens is 1. The van der Waals surface area contributed by atoms with Gasteiger partial charge in [-0.3, -0.25) is 4.70 Å². The van der Waals surface area contributed by atoms with Crippen molar-refractivity contribution in [2.24, 2.45) is 0 Å². The molecule has 0 radical (unpaired) electrons. The minimum atomic E-state index is -1.83. The summed E-state index contributed by atoms with van der Waals surface area (Å²) in [5.41, 5.74) is 0. The Hall–Kier alpha value is 1.81. The Labute approximate surface area is 105 Å². The standard InChI is InChI=1S/CH2O3.Ca.FH.Nd.2H/c2-1(3)4;;;;;/h(H2,2,3,4);;1H;;;/q;+2;;;2*-1. The molecule has 0 aromatic rings. The fraction of sp³-hybridized carbons (Fsp3) is 0. The first-order valence-electron chi connectivity index (χ1n) is 0.651. The predicted molar refractivity (Wildman–Crippen MR) is 21.1 cm³/mol. The average molecular weight is 268 g/mol. The summed E-state index contributed by atoms with van der Waals surface area (Å²) in [5.74, 6) is 0. The first-order valence-corrected chi connectivity index (χ1v) is 0.651. The Morgan fingerprint density at radius 1 is 1.43 bits per heavy atom. The minimum Gasteiger partial charge on any atom is -1.00 e. The molecule has 40 valence electrons. The van der Waals surface area contributed by atoms with Crippen molar-refractivity contribution in [3.63, 3.8) is 0 Å². The molecule has 0 unspecified atom stereocenters. The van der Waals surface area contributed by atoms with E-state index in [4.69, 9.17) is 15.0 Å². The molecule has 3 nitrogen and oxygen atoms in total. The van der Waals surface area contributed by atoms with Crippen LogP contribution in [-0.2, 0) is 0 Å². The molecule has 0 saturated heterocycles. The first-order chi connectivity index (χ1) is 1.73. The van der Waals surface area contributed by atoms with E-state index in [0.717, 1.165) is 0 Å². The topological polar surface area (TPSA) is 57.5 Å². The first kappa shape index (κ1) is 23.2. The minimum absolute atomic E-state index is 0. The average Bonchev–Trinajstić information content (AvgIpc) is 0.811. The number of rotatable bonds is 0. The maximum absolute atomic E-state index is 8.56. The van der Waals surface area contributed by atoms with E-state index in [1.165, 1.54) is 0 Å². The van der Waals surface area contributed by atoms with Crippen molar-refractivity contribution in [3.8, 4) is 0 Å². The van der Waals surface area contributed by atoms with E-state index in [2.05, 4.69) is 0 Å². The normalized spacial score (nSPS) is 3.43. The Morgan fingerprint density at radius 3 is 1.43 bits per heavy atom. The third-order valence-corrected chi connectivity index (χ3v) is 0. The second kappa shape index (κ2) is 15.7. The van der Waals surface area contributed by atoms with Crippen molar-refractivity contribution in [1.82, 2.24) is 0 Å². The molecule has 6 heteroatoms. The predicted octanol–water partition coefficient (Wildman–Crippen LogP) is 0.219. The van der Waals surface area contributed by atoms with Gasteiger partial charge in [-0.25, -0.2) is 4.79 Å². The summed E-state index contributed by atoms with van der Waals surface area (Å²) in [5, 5.41) is 13.9. The van der Waals surface area contributed by atoms with Crippen molar-refractivity contribution >= 4 is 43.9 Å². The van der Waals surface area contributed by atoms with Crippen LogP contribution in [-0.4, -0.2) is 54.1 Å². The van der Waals surface area contributed by atoms with Gasteiger partial charge >= 0.3 is 43.9 Å². The molecule has 0 amide bonds. The summed E-state index contributed by atoms with van der Waals surface area (Å²) >= 11 is 0. The van der Waals surface area contributed by atoms with E-state index in [9.17, 15) is 0 Å². The van der Waals surface area contributed by atoms with Gasteiger partial charge in [-0.2, -0.15) is 0 Å². The van der Waals surface area contributed by atoms with Gasteiger partial charge in [0.1, 0.15) is 0 Å². The molecule has 2 N–H and O–H groups in total. The smallest absolute Gasteiger partial charge is 1.00 e. The molecular weight excluding hydrogens is 263 g/mol. The van der Waals surface area contributed by atoms with Crippen LogP contribution >= 0.6 is 0 Å². The summed E-state index contributed by atoms with van der Waals surface area (Å²) in [4.78, 5) is 8.56. The van der Waals surface area contributed by atoms with Crippen LogP contribution < -0.4 is 0 Å². The molecule has 0 atom stereocenters. The Kier molecular flexibility index (Phi) is 51.9. The monoisotopic (exact) mass is 266 g/mol. The van der Waals surface area contributed by atoms with Gasteiger partial charge in [0.2, 0.25) is 0 Å². The van der Waals surface area contributed by atoms with Gasteiger partial charge in [0.05, 0.1) is 0 Å². The van der Waals surface area contributed by atoms with Gasteiger partial charge in [-0.1, -0.05) is 0 Å². The second-order valence-electron chi connectivity index (χ2n) is 0.283. The van der Waals surface area contributed by atoms with Crippen molar-refractivity contribution in [1.29, 1.82) is 0 Å². The van der Waals surface area contributed by atoms with Crippen LogP contribution in [0.3, 0.4) is 0 Å². The molecule has 0 heterocycles. The Morgan fingerprint density at radius 2 is 1.43 bits per heavy atom. The molecule has 0 aliphatic rings. The molecule has 0 aliphatic heterocycles. The number of carbonyl (C=O) groups is 1. The van der Waals surface area contributed by atoms with E-state index in [-0.39, 0.29) is 86.1 Å². The molecule has 0 spiro atoms. The van der Waals surface area contributed by atoms with Crippen molar-refractivity contribution in [2.75, 3.05) is 0 Å². The summed E-state index contributed by atoms with van der Waals surface area (Å²) in [6.07, 6.45) is -1.83. The van der Waals surface area contributed by atoms with Gasteiger partial charge < -0.3 is 13.1 Å². The summed E-state index contributed by atoms with van der Waals surface area (Å²) in [6.45, 7) is 0. The third-order valence-electron chi connectivity index (χ3n) is 0. The van der Waals surface area contributed by atoms with Crippen LogP contribution in [0.1, 0.15) is 2.85 Å². The van der Waals surface area contributed by atoms with Crippen LogP contribution in [0.4, 0.5) is 9.50 Å². The quantitative estimate of drug-likeness (QED) is 0.618. The van der Waals surface area contributed by atoms with Gasteiger partial charge in [0.15, 0.2) is 0 Å². The third kappa shape index (κ3) is 80.5. The van der Waals surface area contributed by atoms with Crippen LogP contribution in [0.15, 0.2) is 0 Å². The summed E-state index contributed by atoms with van der Waals surface area (Å²) < 4.78 is 0. The van der Waals surface area contributed by atoms with Gasteiger partial charge in [0.25, 0.3) is 0 Å². The van der Waals surface area contributed by atoms with E-state index >= 15 is 0 Å². The Bertz CT molecular complexity index is 44.8. The molecule has 7 heavy (non-hydrogen) atoms. The number of hydrogen-bond donors (Lipinski definition) is 2. The zero-order valence-electron chi connectivity index (χ0n) is 5.42. The van der Waals surface area contributed by atoms with Crippen LogP contribution in [0.2, 0.25) is 0 Å². The largest absolute Gasteiger partial charge is 2.00 e. The van der Waals surface area contributed by atoms with Crippen molar-refractivity contribution in [3.05, 3.63) is 0 Å². The molecule has 0 aromatic carbocycles. The van der Waals surface area contributed by atoms with E-state index in [1.54, 1.807) is 0 Å². The van der Waals surface area contributed by atoms with Gasteiger partial charge in [0, 0.05) is 40.8 Å². The van der Waals surface area contributed by atoms with Gasteiger partial charge in [-0.15, -0.1) is 0 Å². The molecule has 0 fully saturated rings. The maximum atomic E-state index is 8.56. The van der Waals surface area contributed by atoms with E-state index in [1.807, 2.05) is 0 Å². The molecule has 0 aliphatic carbocycles. The van der Waals surface area contributed by atoms with Crippen LogP contribution in [0.5, 0.6) is 0 Å². The zero-order valence-corrected chi connectivity index (χ0v) is 8.83. The van der Waals surface area contributed by atoms with Crippen molar-refractivity contribution < 1.29 is 63.4 Å². The van der Waals surface area contributed by atoms with E-state index < -0.39 is 6.16 Å². The van der Waals surface area contributed by atoms with Gasteiger partial charge in [-0.05, 0) is 0 Å². The zero-order chi connectivity index (χ0) is 3.58. The second-order valence-corrected chi connectivity index (χ2v) is 0.283. The summed E-state index contributed by atoms with van der Waals surface area (Å²) in [6, 6.07) is 0. The molecular formula is CH5CaFNdO3. The summed E-state index contributed by atoms with van der Waals surface area (Å²) in [7, 11) is 0. The van der Waals surface area contributed by atoms with Crippen molar-refractivity contribution in [2.45, 2.75) is 0 Å².